The largest absolute Gasteiger partial charge is 0.465 e. The lowest BCUT2D eigenvalue weighted by Gasteiger charge is -2.07. The van der Waals surface area contributed by atoms with Crippen molar-refractivity contribution in [3.63, 3.8) is 0 Å². The number of hydrogen-bond donors (Lipinski definition) is 1. The third-order valence-electron chi connectivity index (χ3n) is 2.68. The van der Waals surface area contributed by atoms with Gasteiger partial charge in [0, 0.05) is 12.1 Å². The quantitative estimate of drug-likeness (QED) is 0.499. The molecule has 1 rings (SSSR count). The monoisotopic (exact) mass is 264 g/mol. The van der Waals surface area contributed by atoms with Gasteiger partial charge >= 0.3 is 5.97 Å². The first-order valence-electron chi connectivity index (χ1n) is 5.75. The van der Waals surface area contributed by atoms with Crippen molar-refractivity contribution in [3.05, 3.63) is 45.0 Å². The summed E-state index contributed by atoms with van der Waals surface area (Å²) in [4.78, 5) is 21.9. The smallest absolute Gasteiger partial charge is 0.338 e. The lowest BCUT2D eigenvalue weighted by Crippen LogP contribution is -2.06. The Morgan fingerprint density at radius 1 is 1.53 bits per heavy atom. The Balaban J connectivity index is 3.32. The molecule has 1 aromatic carbocycles. The Bertz CT molecular complexity index is 524. The van der Waals surface area contributed by atoms with E-state index in [0.717, 1.165) is 0 Å². The molecule has 102 valence electrons. The number of nitrogens with two attached hydrogens (primary N) is 1. The Labute approximate surface area is 111 Å². The summed E-state index contributed by atoms with van der Waals surface area (Å²) in [5.74, 6) is -0.588. The van der Waals surface area contributed by atoms with Gasteiger partial charge in [0.05, 0.1) is 17.6 Å². The summed E-state index contributed by atoms with van der Waals surface area (Å²) in [5, 5.41) is 10.9. The van der Waals surface area contributed by atoms with Gasteiger partial charge in [0.2, 0.25) is 0 Å². The molecule has 0 aliphatic rings. The van der Waals surface area contributed by atoms with Gasteiger partial charge in [-0.15, -0.1) is 0 Å². The predicted molar refractivity (Wildman–Crippen MR) is 71.9 cm³/mol. The van der Waals surface area contributed by atoms with Gasteiger partial charge in [0.1, 0.15) is 0 Å². The molecular weight excluding hydrogens is 248 g/mol. The van der Waals surface area contributed by atoms with Gasteiger partial charge in [0.15, 0.2) is 0 Å². The maximum Gasteiger partial charge on any atom is 0.338 e. The Morgan fingerprint density at radius 2 is 2.21 bits per heavy atom. The third kappa shape index (κ3) is 3.62. The molecule has 0 fully saturated rings. The van der Waals surface area contributed by atoms with Crippen molar-refractivity contribution < 1.29 is 14.5 Å². The fourth-order valence-electron chi connectivity index (χ4n) is 1.63. The fraction of sp³-hybridized carbons (Fsp3) is 0.308. The first-order valence-corrected chi connectivity index (χ1v) is 5.75. The number of benzene rings is 1. The first-order chi connectivity index (χ1) is 9.01. The van der Waals surface area contributed by atoms with Crippen molar-refractivity contribution in [1.29, 1.82) is 0 Å². The van der Waals surface area contributed by atoms with Gasteiger partial charge in [-0.3, -0.25) is 10.1 Å². The molecule has 0 aliphatic heterocycles. The highest BCUT2D eigenvalue weighted by Crippen LogP contribution is 2.24. The Kier molecular flexibility index (Phi) is 5.20. The van der Waals surface area contributed by atoms with Crippen LogP contribution in [0, 0.1) is 17.0 Å². The minimum absolute atomic E-state index is 0.140. The molecule has 0 radical (unpaired) electrons. The summed E-state index contributed by atoms with van der Waals surface area (Å²) in [6.07, 6.45) is 4.20. The average molecular weight is 264 g/mol. The minimum Gasteiger partial charge on any atom is -0.465 e. The summed E-state index contributed by atoms with van der Waals surface area (Å²) < 4.78 is 4.63. The molecule has 0 atom stereocenters. The zero-order chi connectivity index (χ0) is 14.4. The lowest BCUT2D eigenvalue weighted by atomic mass is 10.0. The molecule has 0 spiro atoms. The second kappa shape index (κ2) is 6.65. The van der Waals surface area contributed by atoms with E-state index in [-0.39, 0.29) is 11.3 Å². The number of carbonyl (C=O) groups excluding carboxylic acids is 1. The minimum atomic E-state index is -0.588. The zero-order valence-electron chi connectivity index (χ0n) is 10.9. The van der Waals surface area contributed by atoms with Gasteiger partial charge < -0.3 is 10.5 Å². The van der Waals surface area contributed by atoms with E-state index in [1.165, 1.54) is 19.2 Å². The van der Waals surface area contributed by atoms with Gasteiger partial charge in [-0.05, 0) is 31.0 Å². The second-order valence-electron chi connectivity index (χ2n) is 3.94. The van der Waals surface area contributed by atoms with E-state index < -0.39 is 10.9 Å². The molecule has 0 aromatic heterocycles. The summed E-state index contributed by atoms with van der Waals surface area (Å²) in [6.45, 7) is 2.21. The van der Waals surface area contributed by atoms with Crippen LogP contribution >= 0.6 is 0 Å². The van der Waals surface area contributed by atoms with Gasteiger partial charge in [-0.25, -0.2) is 4.79 Å². The molecule has 0 unspecified atom stereocenters. The molecule has 0 aliphatic carbocycles. The van der Waals surface area contributed by atoms with Crippen molar-refractivity contribution in [2.75, 3.05) is 13.7 Å². The van der Waals surface area contributed by atoms with Crippen LogP contribution in [0.2, 0.25) is 0 Å². The number of rotatable bonds is 5. The maximum atomic E-state index is 11.6. The van der Waals surface area contributed by atoms with Crippen LogP contribution in [0.15, 0.2) is 18.2 Å². The topological polar surface area (TPSA) is 95.5 Å². The van der Waals surface area contributed by atoms with Crippen LogP contribution < -0.4 is 5.73 Å². The molecule has 6 nitrogen and oxygen atoms in total. The van der Waals surface area contributed by atoms with E-state index >= 15 is 0 Å². The van der Waals surface area contributed by atoms with E-state index in [1.807, 2.05) is 6.08 Å². The number of non-ortho nitro benzene ring substituents is 1. The number of carbonyl (C=O) groups is 1. The number of nitrogens with zero attached hydrogens (tertiary/aromatic N) is 1. The zero-order valence-corrected chi connectivity index (χ0v) is 10.9. The van der Waals surface area contributed by atoms with Crippen LogP contribution in [-0.4, -0.2) is 24.5 Å². The molecule has 1 aromatic rings. The number of hydrogen-bond acceptors (Lipinski definition) is 5. The number of nitro benzene ring substituents is 1. The van der Waals surface area contributed by atoms with Gasteiger partial charge in [0.25, 0.3) is 5.69 Å². The normalized spacial score (nSPS) is 10.7. The molecule has 19 heavy (non-hydrogen) atoms. The molecule has 6 heteroatoms. The van der Waals surface area contributed by atoms with E-state index in [4.69, 9.17) is 5.73 Å². The summed E-state index contributed by atoms with van der Waals surface area (Å²) >= 11 is 0. The molecule has 0 saturated heterocycles. The van der Waals surface area contributed by atoms with Crippen molar-refractivity contribution in [2.24, 2.45) is 5.73 Å². The highest BCUT2D eigenvalue weighted by Gasteiger charge is 2.17. The summed E-state index contributed by atoms with van der Waals surface area (Å²) in [5.41, 5.74) is 6.69. The van der Waals surface area contributed by atoms with E-state index in [0.29, 0.717) is 24.1 Å². The van der Waals surface area contributed by atoms with Crippen molar-refractivity contribution >= 4 is 17.7 Å². The van der Waals surface area contributed by atoms with Crippen molar-refractivity contribution in [2.45, 2.75) is 13.3 Å². The fourth-order valence-corrected chi connectivity index (χ4v) is 1.63. The molecule has 0 saturated carbocycles. The summed E-state index contributed by atoms with van der Waals surface area (Å²) in [7, 11) is 1.24. The van der Waals surface area contributed by atoms with Gasteiger partial charge in [-0.1, -0.05) is 12.2 Å². The van der Waals surface area contributed by atoms with Crippen LogP contribution in [-0.2, 0) is 4.74 Å². The second-order valence-corrected chi connectivity index (χ2v) is 3.94. The third-order valence-corrected chi connectivity index (χ3v) is 2.68. The summed E-state index contributed by atoms with van der Waals surface area (Å²) in [6, 6.07) is 2.65. The standard InChI is InChI=1S/C13H16N2O4/c1-9-10(5-3-4-6-14)7-11(15(17)18)8-12(9)13(16)19-2/h3,5,7-8H,4,6,14H2,1-2H3. The number of nitro groups is 1. The highest BCUT2D eigenvalue weighted by molar-refractivity contribution is 5.93. The Morgan fingerprint density at radius 3 is 2.74 bits per heavy atom. The van der Waals surface area contributed by atoms with Crippen molar-refractivity contribution in [1.82, 2.24) is 0 Å². The number of esters is 1. The molecule has 0 heterocycles. The van der Waals surface area contributed by atoms with E-state index in [2.05, 4.69) is 4.74 Å². The van der Waals surface area contributed by atoms with Crippen LogP contribution in [0.5, 0.6) is 0 Å². The maximum absolute atomic E-state index is 11.6. The predicted octanol–water partition coefficient (Wildman–Crippen LogP) is 2.05. The lowest BCUT2D eigenvalue weighted by molar-refractivity contribution is -0.384. The van der Waals surface area contributed by atoms with E-state index in [1.54, 1.807) is 13.0 Å². The average Bonchev–Trinajstić information content (AvgIpc) is 2.39. The van der Waals surface area contributed by atoms with Crippen LogP contribution in [0.4, 0.5) is 5.69 Å². The van der Waals surface area contributed by atoms with Gasteiger partial charge in [-0.2, -0.15) is 0 Å². The molecule has 2 N–H and O–H groups in total. The molecule has 0 bridgehead atoms. The first kappa shape index (κ1) is 14.8. The van der Waals surface area contributed by atoms with Crippen molar-refractivity contribution in [3.8, 4) is 0 Å². The van der Waals surface area contributed by atoms with Crippen LogP contribution in [0.1, 0.15) is 27.9 Å². The van der Waals surface area contributed by atoms with E-state index in [9.17, 15) is 14.9 Å². The van der Waals surface area contributed by atoms with Crippen LogP contribution in [0.3, 0.4) is 0 Å². The Hall–Kier alpha value is -2.21. The molecular formula is C13H16N2O4. The number of ether oxygens (including phenoxy) is 1. The molecule has 0 amide bonds. The number of methoxy groups -OCH3 is 1. The van der Waals surface area contributed by atoms with Crippen LogP contribution in [0.25, 0.3) is 6.08 Å². The highest BCUT2D eigenvalue weighted by atomic mass is 16.6. The SMILES string of the molecule is COC(=O)c1cc([N+](=O)[O-])cc(C=CCCN)c1C.